The number of aromatic nitrogens is 2. The molecule has 0 unspecified atom stereocenters. The summed E-state index contributed by atoms with van der Waals surface area (Å²) in [6.07, 6.45) is 3.29. The third kappa shape index (κ3) is 2.77. The minimum atomic E-state index is 0.147. The highest BCUT2D eigenvalue weighted by molar-refractivity contribution is 14.1. The van der Waals surface area contributed by atoms with Gasteiger partial charge in [-0.1, -0.05) is 0 Å². The molecule has 0 radical (unpaired) electrons. The lowest BCUT2D eigenvalue weighted by Gasteiger charge is -2.21. The molecule has 0 bridgehead atoms. The Morgan fingerprint density at radius 3 is 2.92 bits per heavy atom. The zero-order valence-electron chi connectivity index (χ0n) is 7.44. The quantitative estimate of drug-likeness (QED) is 0.838. The molecule has 0 aliphatic carbocycles. The fourth-order valence-electron chi connectivity index (χ4n) is 1.07. The number of halogens is 1. The lowest BCUT2D eigenvalue weighted by Crippen LogP contribution is -2.27. The summed E-state index contributed by atoms with van der Waals surface area (Å²) in [6.45, 7) is 3.64. The molecule has 1 rings (SSSR count). The summed E-state index contributed by atoms with van der Waals surface area (Å²) < 4.78 is 1.01. The van der Waals surface area contributed by atoms with Gasteiger partial charge in [-0.2, -0.15) is 0 Å². The van der Waals surface area contributed by atoms with E-state index in [1.165, 1.54) is 6.33 Å². The predicted molar refractivity (Wildman–Crippen MR) is 59.7 cm³/mol. The maximum absolute atomic E-state index is 8.83. The molecule has 13 heavy (non-hydrogen) atoms. The highest BCUT2D eigenvalue weighted by atomic mass is 127. The molecule has 1 aromatic rings. The fraction of sp³-hybridized carbons (Fsp3) is 0.500. The van der Waals surface area contributed by atoms with Crippen molar-refractivity contribution in [1.29, 1.82) is 0 Å². The summed E-state index contributed by atoms with van der Waals surface area (Å²) >= 11 is 2.19. The van der Waals surface area contributed by atoms with Gasteiger partial charge in [-0.05, 0) is 29.5 Å². The summed E-state index contributed by atoms with van der Waals surface area (Å²) in [7, 11) is 0. The van der Waals surface area contributed by atoms with Crippen molar-refractivity contribution in [2.75, 3.05) is 24.6 Å². The van der Waals surface area contributed by atoms with Crippen molar-refractivity contribution in [3.8, 4) is 0 Å². The highest BCUT2D eigenvalue weighted by Gasteiger charge is 2.08. The molecule has 1 heterocycles. The minimum Gasteiger partial charge on any atom is -0.395 e. The Kier molecular flexibility index (Phi) is 4.37. The number of hydrogen-bond donors (Lipinski definition) is 1. The van der Waals surface area contributed by atoms with Crippen LogP contribution in [0.4, 0.5) is 5.82 Å². The number of aliphatic hydroxyl groups excluding tert-OH is 1. The van der Waals surface area contributed by atoms with Crippen LogP contribution in [0.3, 0.4) is 0 Å². The van der Waals surface area contributed by atoms with E-state index in [1.54, 1.807) is 6.20 Å². The van der Waals surface area contributed by atoms with Crippen molar-refractivity contribution < 1.29 is 5.11 Å². The maximum Gasteiger partial charge on any atom is 0.145 e. The molecule has 0 saturated carbocycles. The summed E-state index contributed by atoms with van der Waals surface area (Å²) in [5, 5.41) is 8.83. The van der Waals surface area contributed by atoms with Gasteiger partial charge >= 0.3 is 0 Å². The molecule has 0 aliphatic heterocycles. The molecular weight excluding hydrogens is 281 g/mol. The molecule has 0 atom stereocenters. The first-order valence-electron chi connectivity index (χ1n) is 4.11. The second-order valence-electron chi connectivity index (χ2n) is 2.50. The fourth-order valence-corrected chi connectivity index (χ4v) is 1.71. The van der Waals surface area contributed by atoms with E-state index in [0.717, 1.165) is 15.9 Å². The maximum atomic E-state index is 8.83. The van der Waals surface area contributed by atoms with Crippen LogP contribution in [0.5, 0.6) is 0 Å². The zero-order chi connectivity index (χ0) is 9.68. The number of nitrogens with zero attached hydrogens (tertiary/aromatic N) is 3. The lowest BCUT2D eigenvalue weighted by atomic mass is 10.4. The van der Waals surface area contributed by atoms with E-state index < -0.39 is 0 Å². The van der Waals surface area contributed by atoms with Crippen LogP contribution in [0.1, 0.15) is 6.92 Å². The minimum absolute atomic E-state index is 0.147. The molecular formula is C8H12IN3O. The van der Waals surface area contributed by atoms with Gasteiger partial charge in [0, 0.05) is 19.3 Å². The molecule has 1 aromatic heterocycles. The average Bonchev–Trinajstić information content (AvgIpc) is 2.16. The Labute approximate surface area is 91.1 Å². The molecule has 4 nitrogen and oxygen atoms in total. The number of rotatable bonds is 4. The van der Waals surface area contributed by atoms with Crippen LogP contribution in [0, 0.1) is 3.57 Å². The van der Waals surface area contributed by atoms with E-state index in [-0.39, 0.29) is 6.61 Å². The van der Waals surface area contributed by atoms with E-state index in [2.05, 4.69) is 32.6 Å². The second kappa shape index (κ2) is 5.33. The third-order valence-electron chi connectivity index (χ3n) is 1.70. The van der Waals surface area contributed by atoms with Gasteiger partial charge in [0.15, 0.2) is 0 Å². The predicted octanol–water partition coefficient (Wildman–Crippen LogP) is 0.900. The van der Waals surface area contributed by atoms with Crippen molar-refractivity contribution in [1.82, 2.24) is 9.97 Å². The smallest absolute Gasteiger partial charge is 0.145 e. The molecule has 5 heteroatoms. The van der Waals surface area contributed by atoms with Crippen LogP contribution >= 0.6 is 22.6 Å². The average molecular weight is 293 g/mol. The van der Waals surface area contributed by atoms with E-state index in [0.29, 0.717) is 6.54 Å². The first-order chi connectivity index (χ1) is 6.29. The summed E-state index contributed by atoms with van der Waals surface area (Å²) in [4.78, 5) is 10.1. The molecule has 0 amide bonds. The van der Waals surface area contributed by atoms with Crippen LogP contribution in [-0.4, -0.2) is 34.8 Å². The van der Waals surface area contributed by atoms with Gasteiger partial charge < -0.3 is 10.0 Å². The molecule has 72 valence electrons. The van der Waals surface area contributed by atoms with E-state index in [4.69, 9.17) is 5.11 Å². The van der Waals surface area contributed by atoms with Crippen LogP contribution in [0.2, 0.25) is 0 Å². The summed E-state index contributed by atoms with van der Waals surface area (Å²) in [6, 6.07) is 0. The highest BCUT2D eigenvalue weighted by Crippen LogP contribution is 2.16. The van der Waals surface area contributed by atoms with Crippen molar-refractivity contribution in [3.63, 3.8) is 0 Å². The molecule has 1 N–H and O–H groups in total. The van der Waals surface area contributed by atoms with Gasteiger partial charge in [0.05, 0.1) is 10.2 Å². The van der Waals surface area contributed by atoms with E-state index in [9.17, 15) is 0 Å². The van der Waals surface area contributed by atoms with Gasteiger partial charge in [-0.15, -0.1) is 0 Å². The van der Waals surface area contributed by atoms with Gasteiger partial charge in [-0.3, -0.25) is 0 Å². The Balaban J connectivity index is 2.84. The van der Waals surface area contributed by atoms with Crippen molar-refractivity contribution in [3.05, 3.63) is 16.1 Å². The number of anilines is 1. The SMILES string of the molecule is CCN(CCO)c1ncncc1I. The zero-order valence-corrected chi connectivity index (χ0v) is 9.60. The van der Waals surface area contributed by atoms with Crippen LogP contribution in [-0.2, 0) is 0 Å². The van der Waals surface area contributed by atoms with Crippen molar-refractivity contribution in [2.24, 2.45) is 0 Å². The Hall–Kier alpha value is -0.430. The van der Waals surface area contributed by atoms with Crippen molar-refractivity contribution >= 4 is 28.4 Å². The topological polar surface area (TPSA) is 49.2 Å². The first kappa shape index (κ1) is 10.6. The largest absolute Gasteiger partial charge is 0.395 e. The number of likely N-dealkylation sites (N-methyl/N-ethyl adjacent to an activating group) is 1. The molecule has 0 aliphatic rings. The molecule has 0 spiro atoms. The standard InChI is InChI=1S/C8H12IN3O/c1-2-12(3-4-13)8-7(9)5-10-6-11-8/h5-6,13H,2-4H2,1H3. The monoisotopic (exact) mass is 293 g/mol. The van der Waals surface area contributed by atoms with E-state index in [1.807, 2.05) is 11.8 Å². The summed E-state index contributed by atoms with van der Waals surface area (Å²) in [5.41, 5.74) is 0. The molecule has 0 fully saturated rings. The normalized spacial score (nSPS) is 10.1. The van der Waals surface area contributed by atoms with Crippen LogP contribution in [0.25, 0.3) is 0 Å². The van der Waals surface area contributed by atoms with Crippen molar-refractivity contribution in [2.45, 2.75) is 6.92 Å². The van der Waals surface area contributed by atoms with Crippen LogP contribution in [0.15, 0.2) is 12.5 Å². The Morgan fingerprint density at radius 1 is 1.62 bits per heavy atom. The van der Waals surface area contributed by atoms with Gasteiger partial charge in [-0.25, -0.2) is 9.97 Å². The Morgan fingerprint density at radius 2 is 2.38 bits per heavy atom. The summed E-state index contributed by atoms with van der Waals surface area (Å²) in [5.74, 6) is 0.896. The van der Waals surface area contributed by atoms with Gasteiger partial charge in [0.2, 0.25) is 0 Å². The van der Waals surface area contributed by atoms with Gasteiger partial charge in [0.1, 0.15) is 12.1 Å². The first-order valence-corrected chi connectivity index (χ1v) is 5.18. The third-order valence-corrected chi connectivity index (χ3v) is 2.46. The second-order valence-corrected chi connectivity index (χ2v) is 3.66. The molecule has 0 saturated heterocycles. The lowest BCUT2D eigenvalue weighted by molar-refractivity contribution is 0.302. The van der Waals surface area contributed by atoms with Crippen LogP contribution < -0.4 is 4.90 Å². The molecule has 0 aromatic carbocycles. The van der Waals surface area contributed by atoms with E-state index >= 15 is 0 Å². The number of hydrogen-bond acceptors (Lipinski definition) is 4. The van der Waals surface area contributed by atoms with Gasteiger partial charge in [0.25, 0.3) is 0 Å². The number of aliphatic hydroxyl groups is 1. The Bertz CT molecular complexity index is 269.